The first-order valence-corrected chi connectivity index (χ1v) is 10.5. The largest absolute Gasteiger partial charge is 0.497 e. The van der Waals surface area contributed by atoms with E-state index in [1.807, 2.05) is 17.0 Å². The molecule has 2 aromatic carbocycles. The van der Waals surface area contributed by atoms with E-state index in [9.17, 15) is 4.79 Å². The number of benzene rings is 2. The number of fused-ring (bicyclic) bond motifs is 4. The summed E-state index contributed by atoms with van der Waals surface area (Å²) < 4.78 is 5.35. The fourth-order valence-electron chi connectivity index (χ4n) is 4.92. The summed E-state index contributed by atoms with van der Waals surface area (Å²) in [5.74, 6) is 0.829. The molecule has 2 amide bonds. The molecule has 1 aromatic heterocycles. The molecule has 29 heavy (non-hydrogen) atoms. The summed E-state index contributed by atoms with van der Waals surface area (Å²) in [6, 6.07) is 16.9. The first kappa shape index (κ1) is 18.1. The third-order valence-corrected chi connectivity index (χ3v) is 6.37. The molecule has 150 valence electrons. The van der Waals surface area contributed by atoms with Crippen molar-refractivity contribution in [3.63, 3.8) is 0 Å². The highest BCUT2D eigenvalue weighted by atomic mass is 16.5. The number of urea groups is 1. The first-order valence-electron chi connectivity index (χ1n) is 10.5. The molecular formula is C24H27N3O2. The maximum atomic E-state index is 13.4. The molecule has 0 saturated carbocycles. The zero-order valence-corrected chi connectivity index (χ0v) is 17.0. The average molecular weight is 389 g/mol. The van der Waals surface area contributed by atoms with Gasteiger partial charge in [0.05, 0.1) is 19.2 Å². The van der Waals surface area contributed by atoms with Crippen molar-refractivity contribution in [3.05, 3.63) is 65.4 Å². The fraction of sp³-hybridized carbons (Fsp3) is 0.375. The zero-order chi connectivity index (χ0) is 20.0. The molecule has 2 atom stereocenters. The van der Waals surface area contributed by atoms with Gasteiger partial charge in [0.25, 0.3) is 0 Å². The monoisotopic (exact) mass is 389 g/mol. The number of amides is 2. The molecule has 0 bridgehead atoms. The topological polar surface area (TPSA) is 48.6 Å². The molecule has 1 N–H and O–H groups in total. The van der Waals surface area contributed by atoms with Crippen LogP contribution in [-0.2, 0) is 6.42 Å². The molecular weight excluding hydrogens is 362 g/mol. The smallest absolute Gasteiger partial charge is 0.321 e. The SMILES string of the molecule is CCCCN1CC2Cc3c([nH]c4ccccc34)C(c3ccc(OC)cc3)N2C1=O. The number of H-pyrrole nitrogens is 1. The van der Waals surface area contributed by atoms with Gasteiger partial charge in [-0.2, -0.15) is 0 Å². The van der Waals surface area contributed by atoms with E-state index in [-0.39, 0.29) is 18.1 Å². The molecule has 1 saturated heterocycles. The predicted molar refractivity (Wildman–Crippen MR) is 114 cm³/mol. The Morgan fingerprint density at radius 3 is 2.69 bits per heavy atom. The van der Waals surface area contributed by atoms with Crippen LogP contribution in [0.4, 0.5) is 4.79 Å². The third-order valence-electron chi connectivity index (χ3n) is 6.37. The number of para-hydroxylation sites is 1. The van der Waals surface area contributed by atoms with Crippen LogP contribution >= 0.6 is 0 Å². The van der Waals surface area contributed by atoms with E-state index in [1.54, 1.807) is 7.11 Å². The van der Waals surface area contributed by atoms with E-state index in [1.165, 1.54) is 10.9 Å². The highest BCUT2D eigenvalue weighted by Crippen LogP contribution is 2.43. The quantitative estimate of drug-likeness (QED) is 0.686. The number of aromatic amines is 1. The Balaban J connectivity index is 1.62. The van der Waals surface area contributed by atoms with Crippen LogP contribution in [0.3, 0.4) is 0 Å². The van der Waals surface area contributed by atoms with Crippen LogP contribution in [0, 0.1) is 0 Å². The molecule has 5 heteroatoms. The standard InChI is InChI=1S/C24H27N3O2/c1-3-4-13-26-15-17-14-20-19-7-5-6-8-21(19)25-22(20)23(27(17)24(26)28)16-9-11-18(29-2)12-10-16/h5-12,17,23,25H,3-4,13-15H2,1-2H3. The number of aromatic nitrogens is 1. The number of methoxy groups -OCH3 is 1. The van der Waals surface area contributed by atoms with Crippen molar-refractivity contribution < 1.29 is 9.53 Å². The van der Waals surface area contributed by atoms with Crippen molar-refractivity contribution in [1.29, 1.82) is 0 Å². The van der Waals surface area contributed by atoms with Gasteiger partial charge < -0.3 is 19.5 Å². The van der Waals surface area contributed by atoms with Crippen LogP contribution in [0.2, 0.25) is 0 Å². The predicted octanol–water partition coefficient (Wildman–Crippen LogP) is 4.73. The third kappa shape index (κ3) is 2.87. The second kappa shape index (κ2) is 7.14. The van der Waals surface area contributed by atoms with E-state index >= 15 is 0 Å². The van der Waals surface area contributed by atoms with Crippen LogP contribution in [0.15, 0.2) is 48.5 Å². The number of carbonyl (C=O) groups is 1. The van der Waals surface area contributed by atoms with Crippen LogP contribution in [-0.4, -0.2) is 47.1 Å². The van der Waals surface area contributed by atoms with E-state index in [4.69, 9.17) is 4.74 Å². The number of hydrogen-bond donors (Lipinski definition) is 1. The number of ether oxygens (including phenoxy) is 1. The van der Waals surface area contributed by atoms with Crippen molar-refractivity contribution in [2.24, 2.45) is 0 Å². The lowest BCUT2D eigenvalue weighted by Gasteiger charge is -2.37. The van der Waals surface area contributed by atoms with E-state index < -0.39 is 0 Å². The lowest BCUT2D eigenvalue weighted by molar-refractivity contribution is 0.168. The summed E-state index contributed by atoms with van der Waals surface area (Å²) in [4.78, 5) is 21.2. The molecule has 0 spiro atoms. The van der Waals surface area contributed by atoms with Gasteiger partial charge in [0.2, 0.25) is 0 Å². The summed E-state index contributed by atoms with van der Waals surface area (Å²) in [6.07, 6.45) is 3.05. The van der Waals surface area contributed by atoms with E-state index in [0.717, 1.165) is 54.9 Å². The van der Waals surface area contributed by atoms with Crippen LogP contribution < -0.4 is 4.74 Å². The summed E-state index contributed by atoms with van der Waals surface area (Å²) >= 11 is 0. The number of nitrogens with one attached hydrogen (secondary N) is 1. The van der Waals surface area contributed by atoms with Gasteiger partial charge in [-0.1, -0.05) is 43.7 Å². The van der Waals surface area contributed by atoms with Crippen molar-refractivity contribution in [2.75, 3.05) is 20.2 Å². The molecule has 5 nitrogen and oxygen atoms in total. The second-order valence-corrected chi connectivity index (χ2v) is 8.09. The molecule has 5 rings (SSSR count). The lowest BCUT2D eigenvalue weighted by Crippen LogP contribution is -2.43. The van der Waals surface area contributed by atoms with Gasteiger partial charge in [-0.25, -0.2) is 4.79 Å². The van der Waals surface area contributed by atoms with Gasteiger partial charge in [0.15, 0.2) is 0 Å². The Kier molecular flexibility index (Phi) is 4.46. The highest BCUT2D eigenvalue weighted by Gasteiger charge is 2.46. The van der Waals surface area contributed by atoms with E-state index in [2.05, 4.69) is 53.2 Å². The minimum Gasteiger partial charge on any atom is -0.497 e. The fourth-order valence-corrected chi connectivity index (χ4v) is 4.92. The normalized spacial score (nSPS) is 20.8. The average Bonchev–Trinajstić information content (AvgIpc) is 3.28. The summed E-state index contributed by atoms with van der Waals surface area (Å²) in [5.41, 5.74) is 4.77. The maximum absolute atomic E-state index is 13.4. The first-order chi connectivity index (χ1) is 14.2. The summed E-state index contributed by atoms with van der Waals surface area (Å²) in [5, 5.41) is 1.28. The number of nitrogens with zero attached hydrogens (tertiary/aromatic N) is 2. The van der Waals surface area contributed by atoms with Crippen LogP contribution in [0.1, 0.15) is 42.6 Å². The number of carbonyl (C=O) groups excluding carboxylic acids is 1. The van der Waals surface area contributed by atoms with Gasteiger partial charge in [0, 0.05) is 29.7 Å². The number of unbranched alkanes of at least 4 members (excludes halogenated alkanes) is 1. The van der Waals surface area contributed by atoms with Crippen LogP contribution in [0.25, 0.3) is 10.9 Å². The summed E-state index contributed by atoms with van der Waals surface area (Å²) in [7, 11) is 1.68. The van der Waals surface area contributed by atoms with Crippen LogP contribution in [0.5, 0.6) is 5.75 Å². The van der Waals surface area contributed by atoms with Crippen molar-refractivity contribution in [2.45, 2.75) is 38.3 Å². The zero-order valence-electron chi connectivity index (χ0n) is 17.0. The molecule has 2 aliphatic heterocycles. The molecule has 3 aromatic rings. The lowest BCUT2D eigenvalue weighted by atomic mass is 9.89. The van der Waals surface area contributed by atoms with Crippen molar-refractivity contribution in [1.82, 2.24) is 14.8 Å². The Labute approximate surface area is 171 Å². The van der Waals surface area contributed by atoms with Crippen molar-refractivity contribution >= 4 is 16.9 Å². The molecule has 1 fully saturated rings. The molecule has 0 aliphatic carbocycles. The van der Waals surface area contributed by atoms with Gasteiger partial charge in [-0.3, -0.25) is 0 Å². The Hall–Kier alpha value is -2.95. The molecule has 3 heterocycles. The Bertz CT molecular complexity index is 1040. The van der Waals surface area contributed by atoms with Gasteiger partial charge in [-0.05, 0) is 42.2 Å². The maximum Gasteiger partial charge on any atom is 0.321 e. The Morgan fingerprint density at radius 2 is 1.93 bits per heavy atom. The molecule has 2 aliphatic rings. The minimum atomic E-state index is -0.0961. The van der Waals surface area contributed by atoms with Gasteiger partial charge in [-0.15, -0.1) is 0 Å². The highest BCUT2D eigenvalue weighted by molar-refractivity contribution is 5.87. The molecule has 0 radical (unpaired) electrons. The Morgan fingerprint density at radius 1 is 1.14 bits per heavy atom. The summed E-state index contributed by atoms with van der Waals surface area (Å²) in [6.45, 7) is 3.82. The number of rotatable bonds is 5. The van der Waals surface area contributed by atoms with Gasteiger partial charge in [0.1, 0.15) is 5.75 Å². The molecule has 2 unspecified atom stereocenters. The number of hydrogen-bond acceptors (Lipinski definition) is 2. The van der Waals surface area contributed by atoms with Gasteiger partial charge >= 0.3 is 6.03 Å². The minimum absolute atomic E-state index is 0.0961. The van der Waals surface area contributed by atoms with Crippen molar-refractivity contribution in [3.8, 4) is 5.75 Å². The second-order valence-electron chi connectivity index (χ2n) is 8.09. The van der Waals surface area contributed by atoms with E-state index in [0.29, 0.717) is 0 Å².